The number of anilines is 1. The fourth-order valence-electron chi connectivity index (χ4n) is 8.29. The summed E-state index contributed by atoms with van der Waals surface area (Å²) in [6.07, 6.45) is 3.35. The number of nitrogens with one attached hydrogen (secondary N) is 4. The molecule has 1 saturated carbocycles. The van der Waals surface area contributed by atoms with E-state index < -0.39 is 30.0 Å². The zero-order chi connectivity index (χ0) is 50.6. The fraction of sp³-hybridized carbons (Fsp3) is 0.822. The highest BCUT2D eigenvalue weighted by Crippen LogP contribution is 2.59. The zero-order valence-electron chi connectivity index (χ0n) is 41.0. The van der Waals surface area contributed by atoms with E-state index in [1.807, 2.05) is 11.8 Å². The maximum absolute atomic E-state index is 12.2. The number of ether oxygens (including phenoxy) is 12. The van der Waals surface area contributed by atoms with E-state index in [1.165, 1.54) is 12.7 Å². The SMILES string of the molecule is Nc1ncnc2c1ncn2C1[C@@H]2OC(COCC(=O)NCCOCCOCCOCCOCCOCCOCCOCCOCCOCCOCCNC(=O)CCCC[C@@H]3SC[C@@H]4NC(=O)N[C@@H]43)[C@@H](O)[C@@]12O. The van der Waals surface area contributed by atoms with Crippen LogP contribution < -0.4 is 27.0 Å². The van der Waals surface area contributed by atoms with Gasteiger partial charge in [0.2, 0.25) is 11.8 Å². The third-order valence-corrected chi connectivity index (χ3v) is 13.5. The number of fused-ring (bicyclic) bond motifs is 3. The van der Waals surface area contributed by atoms with E-state index in [0.717, 1.165) is 25.0 Å². The van der Waals surface area contributed by atoms with Gasteiger partial charge in [-0.3, -0.25) is 9.59 Å². The molecule has 0 spiro atoms. The summed E-state index contributed by atoms with van der Waals surface area (Å²) >= 11 is 1.89. The van der Waals surface area contributed by atoms with Gasteiger partial charge in [0.1, 0.15) is 42.4 Å². The Morgan fingerprint density at radius 1 is 0.722 bits per heavy atom. The Morgan fingerprint density at radius 3 is 1.75 bits per heavy atom. The summed E-state index contributed by atoms with van der Waals surface area (Å²) in [5.41, 5.74) is 5.14. The Morgan fingerprint density at radius 2 is 1.24 bits per heavy atom. The number of carbonyl (C=O) groups is 3. The maximum atomic E-state index is 12.2. The first-order chi connectivity index (χ1) is 35.3. The number of aliphatic hydroxyl groups is 2. The molecule has 0 aromatic carbocycles. The number of imidazole rings is 1. The third-order valence-electron chi connectivity index (χ3n) is 12.0. The largest absolute Gasteiger partial charge is 0.387 e. The van der Waals surface area contributed by atoms with E-state index in [2.05, 4.69) is 36.2 Å². The number of thioether (sulfide) groups is 1. The number of hydrogen-bond acceptors (Lipinski definition) is 22. The molecule has 0 radical (unpaired) electrons. The quantitative estimate of drug-likeness (QED) is 0.0278. The molecule has 3 saturated heterocycles. The molecular weight excluding hydrogens is 971 g/mol. The average Bonchev–Trinajstić information content (AvgIpc) is 3.86. The van der Waals surface area contributed by atoms with Gasteiger partial charge >= 0.3 is 6.03 Å². The molecule has 3 aliphatic heterocycles. The van der Waals surface area contributed by atoms with Gasteiger partial charge in [0.15, 0.2) is 11.5 Å². The van der Waals surface area contributed by atoms with Crippen LogP contribution >= 0.6 is 11.8 Å². The van der Waals surface area contributed by atoms with Crippen LogP contribution in [0.5, 0.6) is 0 Å². The summed E-state index contributed by atoms with van der Waals surface area (Å²) in [4.78, 5) is 48.0. The first-order valence-corrected chi connectivity index (χ1v) is 25.9. The second-order valence-corrected chi connectivity index (χ2v) is 18.4. The Bertz CT molecular complexity index is 1880. The average molecular weight is 1050 g/mol. The van der Waals surface area contributed by atoms with Gasteiger partial charge < -0.3 is 98.6 Å². The topological polar surface area (TPSA) is 320 Å². The standard InChI is InChI=1S/C45H75N9O17S/c46-42-38-43(50-30-49-42)54(31-51-38)39-41-45(39,59)40(57)33(71-41)27-70-28-36(56)48-6-8-61-10-12-63-14-16-65-18-20-67-22-24-69-26-25-68-23-21-66-19-17-64-15-13-62-11-9-60-7-5-47-35(55)4-2-1-3-34-37-32(29-72-34)52-44(58)53-37/h30-34,37,39-41,57,59H,1-29H2,(H,47,55)(H,48,56)(H2,46,49,50)(H2,52,53,58)/t32-,33?,34-,37-,39?,40+,41-,45-/m0/s1. The highest BCUT2D eigenvalue weighted by molar-refractivity contribution is 8.00. The minimum Gasteiger partial charge on any atom is -0.387 e. The smallest absolute Gasteiger partial charge is 0.315 e. The predicted octanol–water partition coefficient (Wildman–Crippen LogP) is -2.04. The second kappa shape index (κ2) is 32.6. The van der Waals surface area contributed by atoms with Gasteiger partial charge in [-0.15, -0.1) is 0 Å². The van der Waals surface area contributed by atoms with Crippen molar-refractivity contribution >= 4 is 46.6 Å². The van der Waals surface area contributed by atoms with Crippen molar-refractivity contribution in [3.8, 4) is 0 Å². The lowest BCUT2D eigenvalue weighted by Gasteiger charge is -2.22. The van der Waals surface area contributed by atoms with Gasteiger partial charge in [0.05, 0.1) is 163 Å². The summed E-state index contributed by atoms with van der Waals surface area (Å²) in [5.74, 6) is 0.846. The molecule has 4 amide bonds. The number of hydrogen-bond donors (Lipinski definition) is 7. The number of unbranched alkanes of at least 4 members (excludes halogenated alkanes) is 1. The molecule has 8 atom stereocenters. The van der Waals surface area contributed by atoms with Crippen LogP contribution in [-0.4, -0.2) is 253 Å². The molecular formula is C45H75N9O17S. The fourth-order valence-corrected chi connectivity index (χ4v) is 9.84. The number of aromatic nitrogens is 4. The van der Waals surface area contributed by atoms with Gasteiger partial charge in [-0.05, 0) is 12.8 Å². The molecule has 2 aromatic rings. The number of carbonyl (C=O) groups excluding carboxylic acids is 3. The number of urea groups is 1. The van der Waals surface area contributed by atoms with Crippen LogP contribution in [0.4, 0.5) is 10.6 Å². The molecule has 72 heavy (non-hydrogen) atoms. The lowest BCUT2D eigenvalue weighted by molar-refractivity contribution is -0.129. The Hall–Kier alpha value is -3.65. The van der Waals surface area contributed by atoms with E-state index in [-0.39, 0.29) is 55.5 Å². The number of nitrogens with two attached hydrogens (primary N) is 1. The van der Waals surface area contributed by atoms with Crippen LogP contribution in [-0.2, 0) is 66.4 Å². The molecule has 6 rings (SSSR count). The number of amides is 4. The number of nitrogens with zero attached hydrogens (tertiary/aromatic N) is 4. The third kappa shape index (κ3) is 18.9. The highest BCUT2D eigenvalue weighted by atomic mass is 32.2. The van der Waals surface area contributed by atoms with Gasteiger partial charge in [-0.2, -0.15) is 11.8 Å². The molecule has 5 heterocycles. The van der Waals surface area contributed by atoms with Gasteiger partial charge in [-0.1, -0.05) is 6.42 Å². The van der Waals surface area contributed by atoms with Crippen LogP contribution in [0.15, 0.2) is 12.7 Å². The molecule has 8 N–H and O–H groups in total. The van der Waals surface area contributed by atoms with Crippen LogP contribution in [0.1, 0.15) is 31.7 Å². The number of aliphatic hydroxyl groups excluding tert-OH is 1. The van der Waals surface area contributed by atoms with E-state index in [1.54, 1.807) is 4.57 Å². The maximum Gasteiger partial charge on any atom is 0.315 e. The Kier molecular flexibility index (Phi) is 26.1. The zero-order valence-corrected chi connectivity index (χ0v) is 41.8. The Balaban J connectivity index is 0.578. The molecule has 0 bridgehead atoms. The van der Waals surface area contributed by atoms with Crippen molar-refractivity contribution in [1.82, 2.24) is 40.8 Å². The van der Waals surface area contributed by atoms with Crippen LogP contribution in [0.3, 0.4) is 0 Å². The predicted molar refractivity (Wildman–Crippen MR) is 257 cm³/mol. The molecule has 27 heteroatoms. The van der Waals surface area contributed by atoms with Crippen LogP contribution in [0.2, 0.25) is 0 Å². The molecule has 2 aromatic heterocycles. The molecule has 2 unspecified atom stereocenters. The van der Waals surface area contributed by atoms with Crippen molar-refractivity contribution in [1.29, 1.82) is 0 Å². The van der Waals surface area contributed by atoms with Crippen molar-refractivity contribution in [2.45, 2.75) is 73.0 Å². The second-order valence-electron chi connectivity index (χ2n) is 17.2. The van der Waals surface area contributed by atoms with Crippen molar-refractivity contribution in [3.05, 3.63) is 12.7 Å². The molecule has 26 nitrogen and oxygen atoms in total. The Labute approximate surface area is 423 Å². The van der Waals surface area contributed by atoms with Gasteiger partial charge in [0, 0.05) is 30.5 Å². The van der Waals surface area contributed by atoms with E-state index in [9.17, 15) is 24.6 Å². The summed E-state index contributed by atoms with van der Waals surface area (Å²) in [7, 11) is 0. The molecule has 408 valence electrons. The van der Waals surface area contributed by atoms with Gasteiger partial charge in [-0.25, -0.2) is 19.7 Å². The molecule has 4 fully saturated rings. The first kappa shape index (κ1) is 57.6. The minimum atomic E-state index is -1.54. The monoisotopic (exact) mass is 1050 g/mol. The summed E-state index contributed by atoms with van der Waals surface area (Å²) in [6, 6.07) is -0.214. The van der Waals surface area contributed by atoms with E-state index in [0.29, 0.717) is 162 Å². The van der Waals surface area contributed by atoms with E-state index >= 15 is 0 Å². The molecule has 4 aliphatic rings. The van der Waals surface area contributed by atoms with Crippen molar-refractivity contribution in [2.24, 2.45) is 0 Å². The summed E-state index contributed by atoms with van der Waals surface area (Å²) in [6.45, 7) is 9.10. The van der Waals surface area contributed by atoms with Crippen molar-refractivity contribution in [3.63, 3.8) is 0 Å². The lowest BCUT2D eigenvalue weighted by atomic mass is 10.0. The van der Waals surface area contributed by atoms with E-state index in [4.69, 9.17) is 62.6 Å². The summed E-state index contributed by atoms with van der Waals surface area (Å²) in [5, 5.41) is 33.8. The summed E-state index contributed by atoms with van der Waals surface area (Å²) < 4.78 is 67.9. The molecule has 1 aliphatic carbocycles. The number of rotatable bonds is 43. The normalized spacial score (nSPS) is 24.1. The van der Waals surface area contributed by atoms with Crippen LogP contribution in [0, 0.1) is 0 Å². The van der Waals surface area contributed by atoms with Crippen LogP contribution in [0.25, 0.3) is 11.2 Å². The van der Waals surface area contributed by atoms with Crippen molar-refractivity contribution < 1.29 is 81.4 Å². The first-order valence-electron chi connectivity index (χ1n) is 24.8. The minimum absolute atomic E-state index is 0.0323. The number of nitrogen functional groups attached to an aromatic ring is 1. The highest BCUT2D eigenvalue weighted by Gasteiger charge is 2.77. The lowest BCUT2D eigenvalue weighted by Crippen LogP contribution is -2.41. The van der Waals surface area contributed by atoms with Gasteiger partial charge in [0.25, 0.3) is 0 Å². The van der Waals surface area contributed by atoms with Crippen molar-refractivity contribution in [2.75, 3.05) is 170 Å².